The Morgan fingerprint density at radius 2 is 1.78 bits per heavy atom. The molecule has 2 aromatic rings. The van der Waals surface area contributed by atoms with E-state index in [0.717, 1.165) is 24.2 Å². The van der Waals surface area contributed by atoms with Crippen molar-refractivity contribution in [1.29, 1.82) is 0 Å². The molecule has 1 fully saturated rings. The number of nitrogens with two attached hydrogens (primary N) is 1. The first kappa shape index (κ1) is 16.0. The van der Waals surface area contributed by atoms with Gasteiger partial charge in [-0.05, 0) is 42.3 Å². The van der Waals surface area contributed by atoms with Crippen molar-refractivity contribution in [3.05, 3.63) is 58.1 Å². The van der Waals surface area contributed by atoms with Crippen molar-refractivity contribution >= 4 is 40.6 Å². The lowest BCUT2D eigenvalue weighted by molar-refractivity contribution is 0.192. The first-order chi connectivity index (χ1) is 11.0. The molecule has 0 bridgehead atoms. The Bertz CT molecular complexity index is 718. The molecule has 0 spiro atoms. The lowest BCUT2D eigenvalue weighted by Gasteiger charge is -2.35. The molecule has 1 saturated heterocycles. The Morgan fingerprint density at radius 3 is 2.48 bits per heavy atom. The first-order valence-corrected chi connectivity index (χ1v) is 8.16. The summed E-state index contributed by atoms with van der Waals surface area (Å²) in [6.07, 6.45) is 0.905. The zero-order valence-corrected chi connectivity index (χ0v) is 14.0. The summed E-state index contributed by atoms with van der Waals surface area (Å²) in [6, 6.07) is 12.8. The van der Waals surface area contributed by atoms with Crippen LogP contribution in [0.4, 0.5) is 16.2 Å². The fourth-order valence-electron chi connectivity index (χ4n) is 2.68. The molecular weight excluding hydrogens is 333 g/mol. The Hall–Kier alpha value is -1.91. The summed E-state index contributed by atoms with van der Waals surface area (Å²) in [5, 5.41) is 1.19. The van der Waals surface area contributed by atoms with Crippen molar-refractivity contribution < 1.29 is 4.79 Å². The molecular formula is C17H17Cl2N3O. The second-order valence-electron chi connectivity index (χ2n) is 5.54. The third-order valence-electron chi connectivity index (χ3n) is 3.89. The van der Waals surface area contributed by atoms with Crippen LogP contribution in [0.3, 0.4) is 0 Å². The van der Waals surface area contributed by atoms with Gasteiger partial charge in [0.2, 0.25) is 0 Å². The average molecular weight is 350 g/mol. The molecule has 120 valence electrons. The van der Waals surface area contributed by atoms with Gasteiger partial charge in [-0.25, -0.2) is 4.79 Å². The molecule has 1 aliphatic rings. The van der Waals surface area contributed by atoms with E-state index in [2.05, 4.69) is 0 Å². The minimum absolute atomic E-state index is 0.0204. The molecule has 2 N–H and O–H groups in total. The normalized spacial score (nSPS) is 15.1. The zero-order chi connectivity index (χ0) is 16.4. The number of carbonyl (C=O) groups is 1. The fraction of sp³-hybridized carbons (Fsp3) is 0.235. The summed E-state index contributed by atoms with van der Waals surface area (Å²) >= 11 is 11.9. The van der Waals surface area contributed by atoms with Gasteiger partial charge in [0.1, 0.15) is 0 Å². The number of benzene rings is 2. The van der Waals surface area contributed by atoms with Crippen LogP contribution in [-0.2, 0) is 6.54 Å². The summed E-state index contributed by atoms with van der Waals surface area (Å²) in [5.74, 6) is 0. The van der Waals surface area contributed by atoms with Gasteiger partial charge in [0, 0.05) is 30.3 Å². The van der Waals surface area contributed by atoms with Crippen molar-refractivity contribution in [3.8, 4) is 0 Å². The first-order valence-electron chi connectivity index (χ1n) is 7.40. The number of halogens is 2. The highest BCUT2D eigenvalue weighted by atomic mass is 35.5. The quantitative estimate of drug-likeness (QED) is 0.834. The fourth-order valence-corrected chi connectivity index (χ4v) is 2.92. The van der Waals surface area contributed by atoms with Gasteiger partial charge in [0.15, 0.2) is 0 Å². The molecule has 0 aromatic heterocycles. The van der Waals surface area contributed by atoms with E-state index in [9.17, 15) is 4.79 Å². The number of urea groups is 1. The summed E-state index contributed by atoms with van der Waals surface area (Å²) in [5.41, 5.74) is 8.16. The van der Waals surface area contributed by atoms with Crippen molar-refractivity contribution in [1.82, 2.24) is 4.90 Å². The maximum Gasteiger partial charge on any atom is 0.324 e. The monoisotopic (exact) mass is 349 g/mol. The van der Waals surface area contributed by atoms with Crippen LogP contribution in [0.15, 0.2) is 42.5 Å². The highest BCUT2D eigenvalue weighted by Gasteiger charge is 2.27. The van der Waals surface area contributed by atoms with E-state index >= 15 is 0 Å². The van der Waals surface area contributed by atoms with Crippen LogP contribution in [-0.4, -0.2) is 24.0 Å². The lowest BCUT2D eigenvalue weighted by atomic mass is 10.1. The molecule has 23 heavy (non-hydrogen) atoms. The van der Waals surface area contributed by atoms with Gasteiger partial charge in [0.05, 0.1) is 10.7 Å². The molecule has 1 heterocycles. The second-order valence-corrected chi connectivity index (χ2v) is 6.39. The van der Waals surface area contributed by atoms with E-state index in [-0.39, 0.29) is 6.03 Å². The highest BCUT2D eigenvalue weighted by Crippen LogP contribution is 2.27. The second kappa shape index (κ2) is 6.69. The van der Waals surface area contributed by atoms with Crippen LogP contribution in [0.2, 0.25) is 10.0 Å². The van der Waals surface area contributed by atoms with Crippen molar-refractivity contribution in [2.24, 2.45) is 0 Å². The maximum atomic E-state index is 12.7. The Morgan fingerprint density at radius 1 is 1.04 bits per heavy atom. The molecule has 2 amide bonds. The van der Waals surface area contributed by atoms with E-state index in [4.69, 9.17) is 28.9 Å². The number of amides is 2. The SMILES string of the molecule is Nc1cc(N2CCCN(Cc3ccc(Cl)cc3)C2=O)ccc1Cl. The van der Waals surface area contributed by atoms with Crippen LogP contribution < -0.4 is 10.6 Å². The number of hydrogen-bond donors (Lipinski definition) is 1. The van der Waals surface area contributed by atoms with Gasteiger partial charge < -0.3 is 10.6 Å². The van der Waals surface area contributed by atoms with Crippen LogP contribution in [0.1, 0.15) is 12.0 Å². The zero-order valence-electron chi connectivity index (χ0n) is 12.5. The van der Waals surface area contributed by atoms with Crippen molar-refractivity contribution in [3.63, 3.8) is 0 Å². The van der Waals surface area contributed by atoms with E-state index in [1.165, 1.54) is 0 Å². The number of anilines is 2. The lowest BCUT2D eigenvalue weighted by Crippen LogP contribution is -2.49. The Kier molecular flexibility index (Phi) is 4.64. The predicted octanol–water partition coefficient (Wildman–Crippen LogP) is 4.41. The third kappa shape index (κ3) is 3.54. The summed E-state index contributed by atoms with van der Waals surface area (Å²) in [4.78, 5) is 16.3. The highest BCUT2D eigenvalue weighted by molar-refractivity contribution is 6.33. The van der Waals surface area contributed by atoms with Gasteiger partial charge in [0.25, 0.3) is 0 Å². The van der Waals surface area contributed by atoms with Gasteiger partial charge in [-0.1, -0.05) is 35.3 Å². The minimum Gasteiger partial charge on any atom is -0.397 e. The van der Waals surface area contributed by atoms with Crippen LogP contribution in [0.5, 0.6) is 0 Å². The number of carbonyl (C=O) groups excluding carboxylic acids is 1. The van der Waals surface area contributed by atoms with E-state index < -0.39 is 0 Å². The van der Waals surface area contributed by atoms with Crippen LogP contribution in [0.25, 0.3) is 0 Å². The standard InChI is InChI=1S/C17H17Cl2N3O/c18-13-4-2-12(3-5-13)11-21-8-1-9-22(17(21)23)14-6-7-15(19)16(20)10-14/h2-7,10H,1,8-9,11,20H2. The van der Waals surface area contributed by atoms with Gasteiger partial charge in [-0.2, -0.15) is 0 Å². The van der Waals surface area contributed by atoms with Gasteiger partial charge in [-0.15, -0.1) is 0 Å². The summed E-state index contributed by atoms with van der Waals surface area (Å²) < 4.78 is 0. The molecule has 0 radical (unpaired) electrons. The van der Waals surface area contributed by atoms with Crippen molar-refractivity contribution in [2.75, 3.05) is 23.7 Å². The van der Waals surface area contributed by atoms with Crippen LogP contribution in [0, 0.1) is 0 Å². The van der Waals surface area contributed by atoms with Gasteiger partial charge in [-0.3, -0.25) is 4.90 Å². The largest absolute Gasteiger partial charge is 0.397 e. The average Bonchev–Trinajstić information content (AvgIpc) is 2.54. The Balaban J connectivity index is 1.77. The molecule has 0 unspecified atom stereocenters. The van der Waals surface area contributed by atoms with Crippen LogP contribution >= 0.6 is 23.2 Å². The summed E-state index contributed by atoms with van der Waals surface area (Å²) in [6.45, 7) is 1.98. The smallest absolute Gasteiger partial charge is 0.324 e. The maximum absolute atomic E-state index is 12.7. The third-order valence-corrected chi connectivity index (χ3v) is 4.49. The van der Waals surface area contributed by atoms with E-state index in [1.807, 2.05) is 35.2 Å². The number of rotatable bonds is 3. The summed E-state index contributed by atoms with van der Waals surface area (Å²) in [7, 11) is 0. The van der Waals surface area contributed by atoms with Crippen molar-refractivity contribution in [2.45, 2.75) is 13.0 Å². The predicted molar refractivity (Wildman–Crippen MR) is 95.1 cm³/mol. The molecule has 0 atom stereocenters. The molecule has 2 aromatic carbocycles. The number of nitrogen functional groups attached to an aromatic ring is 1. The molecule has 4 nitrogen and oxygen atoms in total. The molecule has 3 rings (SSSR count). The molecule has 0 saturated carbocycles. The topological polar surface area (TPSA) is 49.6 Å². The minimum atomic E-state index is -0.0204. The van der Waals surface area contributed by atoms with E-state index in [0.29, 0.717) is 28.8 Å². The number of hydrogen-bond acceptors (Lipinski definition) is 2. The molecule has 1 aliphatic heterocycles. The number of nitrogens with zero attached hydrogens (tertiary/aromatic N) is 2. The molecule has 0 aliphatic carbocycles. The molecule has 6 heteroatoms. The van der Waals surface area contributed by atoms with Gasteiger partial charge >= 0.3 is 6.03 Å². The van der Waals surface area contributed by atoms with E-state index in [1.54, 1.807) is 17.0 Å². The Labute approximate surface area is 145 Å².